The Hall–Kier alpha value is -5.40. The van der Waals surface area contributed by atoms with Crippen LogP contribution < -0.4 is 5.32 Å². The zero-order valence-electron chi connectivity index (χ0n) is 22.7. The lowest BCUT2D eigenvalue weighted by Crippen LogP contribution is -1.90. The highest BCUT2D eigenvalue weighted by atomic mass is 14.9. The van der Waals surface area contributed by atoms with Crippen molar-refractivity contribution in [3.8, 4) is 0 Å². The Balaban J connectivity index is 1.06. The molecule has 0 saturated carbocycles. The van der Waals surface area contributed by atoms with E-state index in [0.717, 1.165) is 11.4 Å². The van der Waals surface area contributed by atoms with Crippen molar-refractivity contribution < 1.29 is 0 Å². The lowest BCUT2D eigenvalue weighted by Gasteiger charge is -2.10. The Morgan fingerprint density at radius 2 is 0.683 bits per heavy atom. The fraction of sp³-hybridized carbons (Fsp3) is 0. The van der Waals surface area contributed by atoms with Gasteiger partial charge in [0.25, 0.3) is 0 Å². The minimum Gasteiger partial charge on any atom is -0.355 e. The van der Waals surface area contributed by atoms with E-state index in [0.29, 0.717) is 0 Å². The van der Waals surface area contributed by atoms with E-state index in [4.69, 9.17) is 0 Å². The van der Waals surface area contributed by atoms with Crippen molar-refractivity contribution in [3.05, 3.63) is 168 Å². The number of anilines is 2. The van der Waals surface area contributed by atoms with Crippen molar-refractivity contribution in [2.75, 3.05) is 5.32 Å². The molecule has 0 fully saturated rings. The summed E-state index contributed by atoms with van der Waals surface area (Å²) in [5, 5.41) is 11.0. The minimum atomic E-state index is 1.08. The molecular weight excluding hydrogens is 494 g/mol. The van der Waals surface area contributed by atoms with Crippen LogP contribution in [0.5, 0.6) is 0 Å². The smallest absolute Gasteiger partial charge is 0.0390 e. The first-order valence-corrected chi connectivity index (χ1v) is 14.0. The van der Waals surface area contributed by atoms with Gasteiger partial charge >= 0.3 is 0 Å². The van der Waals surface area contributed by atoms with Crippen LogP contribution >= 0.6 is 0 Å². The summed E-state index contributed by atoms with van der Waals surface area (Å²) in [6.07, 6.45) is 8.70. The van der Waals surface area contributed by atoms with Crippen LogP contribution in [0, 0.1) is 0 Å². The van der Waals surface area contributed by atoms with Gasteiger partial charge in [0.1, 0.15) is 0 Å². The molecule has 0 amide bonds. The summed E-state index contributed by atoms with van der Waals surface area (Å²) >= 11 is 0. The number of nitrogens with one attached hydrogen (secondary N) is 1. The molecule has 1 heteroatoms. The summed E-state index contributed by atoms with van der Waals surface area (Å²) in [4.78, 5) is 0. The fourth-order valence-corrected chi connectivity index (χ4v) is 5.32. The second kappa shape index (κ2) is 11.0. The molecule has 0 radical (unpaired) electrons. The molecule has 0 spiro atoms. The Morgan fingerprint density at radius 1 is 0.293 bits per heavy atom. The summed E-state index contributed by atoms with van der Waals surface area (Å²) < 4.78 is 0. The van der Waals surface area contributed by atoms with Crippen LogP contribution in [0.2, 0.25) is 0 Å². The van der Waals surface area contributed by atoms with Crippen LogP contribution in [0.25, 0.3) is 56.6 Å². The van der Waals surface area contributed by atoms with Crippen LogP contribution in [-0.4, -0.2) is 0 Å². The van der Waals surface area contributed by atoms with Gasteiger partial charge in [-0.15, -0.1) is 0 Å². The minimum absolute atomic E-state index is 1.08. The van der Waals surface area contributed by atoms with Crippen molar-refractivity contribution in [1.82, 2.24) is 0 Å². The third kappa shape index (κ3) is 5.66. The molecule has 41 heavy (non-hydrogen) atoms. The predicted molar refractivity (Wildman–Crippen MR) is 179 cm³/mol. The monoisotopic (exact) mass is 523 g/mol. The molecule has 0 aromatic heterocycles. The zero-order valence-corrected chi connectivity index (χ0v) is 22.7. The third-order valence-electron chi connectivity index (χ3n) is 7.53. The highest BCUT2D eigenvalue weighted by Crippen LogP contribution is 2.27. The van der Waals surface area contributed by atoms with Crippen LogP contribution in [-0.2, 0) is 0 Å². The fourth-order valence-electron chi connectivity index (χ4n) is 5.32. The maximum Gasteiger partial charge on any atom is 0.0390 e. The molecule has 0 bridgehead atoms. The van der Waals surface area contributed by atoms with E-state index in [1.54, 1.807) is 0 Å². The highest BCUT2D eigenvalue weighted by Gasteiger charge is 2.02. The van der Waals surface area contributed by atoms with E-state index in [2.05, 4.69) is 169 Å². The van der Waals surface area contributed by atoms with E-state index in [9.17, 15) is 0 Å². The van der Waals surface area contributed by atoms with Gasteiger partial charge in [-0.25, -0.2) is 0 Å². The number of fused-ring (bicyclic) bond motifs is 3. The molecule has 7 rings (SSSR count). The standard InChI is InChI=1S/C40H29N/c1-2-6-29(7-3-1)10-11-30-15-18-37-27-39(22-20-35(37)25-30)41-40-23-21-36-26-32(16-19-38(36)28-40)13-12-31-14-17-33-8-4-5-9-34(33)24-31/h1-28,41H/b11-10+,13-12+. The highest BCUT2D eigenvalue weighted by molar-refractivity contribution is 5.92. The van der Waals surface area contributed by atoms with E-state index < -0.39 is 0 Å². The molecule has 7 aromatic carbocycles. The van der Waals surface area contributed by atoms with Crippen molar-refractivity contribution in [3.63, 3.8) is 0 Å². The van der Waals surface area contributed by atoms with Crippen LogP contribution in [0.1, 0.15) is 22.3 Å². The third-order valence-corrected chi connectivity index (χ3v) is 7.53. The molecule has 0 aliphatic rings. The maximum atomic E-state index is 3.60. The zero-order chi connectivity index (χ0) is 27.4. The predicted octanol–water partition coefficient (Wildman–Crippen LogP) is 11.2. The number of hydrogen-bond acceptors (Lipinski definition) is 1. The average molecular weight is 524 g/mol. The van der Waals surface area contributed by atoms with Gasteiger partial charge in [-0.2, -0.15) is 0 Å². The Labute approximate surface area is 240 Å². The average Bonchev–Trinajstić information content (AvgIpc) is 3.03. The normalized spacial score (nSPS) is 11.7. The van der Waals surface area contributed by atoms with Crippen molar-refractivity contribution in [2.45, 2.75) is 0 Å². The van der Waals surface area contributed by atoms with Crippen LogP contribution in [0.4, 0.5) is 11.4 Å². The Bertz CT molecular complexity index is 2070. The molecule has 0 aliphatic heterocycles. The summed E-state index contributed by atoms with van der Waals surface area (Å²) in [5.74, 6) is 0. The van der Waals surface area contributed by atoms with Crippen molar-refractivity contribution in [2.24, 2.45) is 0 Å². The van der Waals surface area contributed by atoms with Gasteiger partial charge in [0, 0.05) is 11.4 Å². The lowest BCUT2D eigenvalue weighted by molar-refractivity contribution is 1.58. The van der Waals surface area contributed by atoms with Gasteiger partial charge in [0.05, 0.1) is 0 Å². The van der Waals surface area contributed by atoms with Gasteiger partial charge in [0.2, 0.25) is 0 Å². The Morgan fingerprint density at radius 3 is 1.24 bits per heavy atom. The summed E-state index contributed by atoms with van der Waals surface area (Å²) in [6, 6.07) is 51.8. The number of rotatable bonds is 6. The second-order valence-electron chi connectivity index (χ2n) is 10.5. The summed E-state index contributed by atoms with van der Waals surface area (Å²) in [6.45, 7) is 0. The Kier molecular flexibility index (Phi) is 6.61. The van der Waals surface area contributed by atoms with Crippen LogP contribution in [0.15, 0.2) is 146 Å². The van der Waals surface area contributed by atoms with Gasteiger partial charge in [0.15, 0.2) is 0 Å². The topological polar surface area (TPSA) is 12.0 Å². The lowest BCUT2D eigenvalue weighted by atomic mass is 10.0. The number of benzene rings is 7. The molecule has 7 aromatic rings. The first-order valence-electron chi connectivity index (χ1n) is 14.0. The molecule has 0 saturated heterocycles. The first-order chi connectivity index (χ1) is 20.2. The quantitative estimate of drug-likeness (QED) is 0.214. The van der Waals surface area contributed by atoms with Crippen LogP contribution in [0.3, 0.4) is 0 Å². The van der Waals surface area contributed by atoms with Gasteiger partial charge in [-0.05, 0) is 97.0 Å². The van der Waals surface area contributed by atoms with E-state index >= 15 is 0 Å². The van der Waals surface area contributed by atoms with Crippen molar-refractivity contribution in [1.29, 1.82) is 0 Å². The van der Waals surface area contributed by atoms with E-state index in [-0.39, 0.29) is 0 Å². The largest absolute Gasteiger partial charge is 0.355 e. The van der Waals surface area contributed by atoms with E-state index in [1.165, 1.54) is 54.6 Å². The molecule has 1 nitrogen and oxygen atoms in total. The molecule has 194 valence electrons. The SMILES string of the molecule is C(=C\c1ccc2cc(Nc3ccc4cc(/C=C/c5ccc6ccccc6c5)ccc4c3)ccc2c1)/c1ccccc1. The molecule has 1 N–H and O–H groups in total. The summed E-state index contributed by atoms with van der Waals surface area (Å²) in [5.41, 5.74) is 6.97. The second-order valence-corrected chi connectivity index (χ2v) is 10.5. The molecule has 0 heterocycles. The molecular formula is C40H29N. The summed E-state index contributed by atoms with van der Waals surface area (Å²) in [7, 11) is 0. The van der Waals surface area contributed by atoms with Gasteiger partial charge in [-0.1, -0.05) is 127 Å². The molecule has 0 unspecified atom stereocenters. The van der Waals surface area contributed by atoms with Crippen molar-refractivity contribution >= 4 is 68.0 Å². The van der Waals surface area contributed by atoms with Gasteiger partial charge in [-0.3, -0.25) is 0 Å². The molecule has 0 atom stereocenters. The molecule has 0 aliphatic carbocycles. The van der Waals surface area contributed by atoms with E-state index in [1.807, 2.05) is 6.07 Å². The first kappa shape index (κ1) is 24.6. The van der Waals surface area contributed by atoms with Gasteiger partial charge < -0.3 is 5.32 Å². The number of hydrogen-bond donors (Lipinski definition) is 1. The maximum absolute atomic E-state index is 3.60.